The highest BCUT2D eigenvalue weighted by Gasteiger charge is 2.15. The van der Waals surface area contributed by atoms with E-state index in [0.29, 0.717) is 24.5 Å². The Labute approximate surface area is 118 Å². The summed E-state index contributed by atoms with van der Waals surface area (Å²) in [5, 5.41) is 10.8. The van der Waals surface area contributed by atoms with Crippen LogP contribution in [0.3, 0.4) is 0 Å². The molecule has 0 atom stereocenters. The average molecular weight is 281 g/mol. The van der Waals surface area contributed by atoms with Gasteiger partial charge >= 0.3 is 0 Å². The average Bonchev–Trinajstić information content (AvgIpc) is 3.16. The highest BCUT2D eigenvalue weighted by Crippen LogP contribution is 2.20. The second-order valence-electron chi connectivity index (χ2n) is 4.73. The first-order valence-electron chi connectivity index (χ1n) is 6.51. The number of nitrogens with one attached hydrogen (secondary N) is 3. The first kappa shape index (κ1) is 11.8. The summed E-state index contributed by atoms with van der Waals surface area (Å²) in [6.07, 6.45) is 2.60. The molecular weight excluding hydrogens is 270 g/mol. The van der Waals surface area contributed by atoms with Crippen molar-refractivity contribution in [3.8, 4) is 11.6 Å². The number of carbonyl (C=O) groups is 1. The van der Waals surface area contributed by atoms with Crippen LogP contribution in [0.15, 0.2) is 29.6 Å². The Morgan fingerprint density at radius 2 is 2.14 bits per heavy atom. The molecule has 2 aromatic heterocycles. The van der Waals surface area contributed by atoms with E-state index in [0.717, 1.165) is 22.3 Å². The highest BCUT2D eigenvalue weighted by molar-refractivity contribution is 6.05. The molecule has 0 spiro atoms. The van der Waals surface area contributed by atoms with Crippen LogP contribution in [-0.4, -0.2) is 36.8 Å². The number of aromatic amines is 2. The minimum absolute atomic E-state index is 0.0495. The SMILES string of the molecule is O=C1CCC(c2ccc3[nH]c(-c4nc[nH]n4)nc3c2)=NN1. The van der Waals surface area contributed by atoms with Gasteiger partial charge in [-0.2, -0.15) is 10.2 Å². The quantitative estimate of drug-likeness (QED) is 0.649. The lowest BCUT2D eigenvalue weighted by Gasteiger charge is -2.11. The molecule has 104 valence electrons. The lowest BCUT2D eigenvalue weighted by Crippen LogP contribution is -2.25. The number of hydrazone groups is 1. The maximum absolute atomic E-state index is 11.1. The van der Waals surface area contributed by atoms with Gasteiger partial charge in [-0.15, -0.1) is 0 Å². The smallest absolute Gasteiger partial charge is 0.240 e. The Bertz CT molecular complexity index is 847. The lowest BCUT2D eigenvalue weighted by atomic mass is 10.0. The predicted molar refractivity (Wildman–Crippen MR) is 75.4 cm³/mol. The van der Waals surface area contributed by atoms with E-state index in [1.165, 1.54) is 6.33 Å². The summed E-state index contributed by atoms with van der Waals surface area (Å²) in [7, 11) is 0. The van der Waals surface area contributed by atoms with E-state index in [2.05, 4.69) is 35.7 Å². The van der Waals surface area contributed by atoms with Gasteiger partial charge in [0, 0.05) is 18.4 Å². The number of hydrogen-bond donors (Lipinski definition) is 3. The number of fused-ring (bicyclic) bond motifs is 1. The molecule has 3 heterocycles. The minimum atomic E-state index is -0.0495. The van der Waals surface area contributed by atoms with Gasteiger partial charge in [-0.25, -0.2) is 15.4 Å². The normalized spacial score (nSPS) is 15.0. The number of nitrogens with zero attached hydrogens (tertiary/aromatic N) is 4. The fraction of sp³-hybridized carbons (Fsp3) is 0.154. The fourth-order valence-electron chi connectivity index (χ4n) is 2.30. The second kappa shape index (κ2) is 4.51. The largest absolute Gasteiger partial charge is 0.335 e. The molecule has 0 bridgehead atoms. The van der Waals surface area contributed by atoms with Gasteiger partial charge in [0.05, 0.1) is 16.7 Å². The number of carbonyl (C=O) groups excluding carboxylic acids is 1. The van der Waals surface area contributed by atoms with Crippen molar-refractivity contribution in [3.63, 3.8) is 0 Å². The van der Waals surface area contributed by atoms with Crippen LogP contribution < -0.4 is 5.43 Å². The third-order valence-electron chi connectivity index (χ3n) is 3.35. The molecule has 0 unspecified atom stereocenters. The van der Waals surface area contributed by atoms with Crippen LogP contribution in [0.1, 0.15) is 18.4 Å². The van der Waals surface area contributed by atoms with Crippen LogP contribution in [0.2, 0.25) is 0 Å². The van der Waals surface area contributed by atoms with Gasteiger partial charge in [0.2, 0.25) is 11.7 Å². The molecule has 0 aliphatic carbocycles. The number of hydrogen-bond acceptors (Lipinski definition) is 5. The third-order valence-corrected chi connectivity index (χ3v) is 3.35. The minimum Gasteiger partial charge on any atom is -0.335 e. The van der Waals surface area contributed by atoms with Crippen molar-refractivity contribution >= 4 is 22.7 Å². The van der Waals surface area contributed by atoms with Gasteiger partial charge in [0.25, 0.3) is 0 Å². The maximum Gasteiger partial charge on any atom is 0.240 e. The van der Waals surface area contributed by atoms with Crippen molar-refractivity contribution in [1.82, 2.24) is 30.6 Å². The summed E-state index contributed by atoms with van der Waals surface area (Å²) < 4.78 is 0. The van der Waals surface area contributed by atoms with E-state index in [-0.39, 0.29) is 5.91 Å². The number of aromatic nitrogens is 5. The van der Waals surface area contributed by atoms with Crippen molar-refractivity contribution in [2.45, 2.75) is 12.8 Å². The van der Waals surface area contributed by atoms with E-state index >= 15 is 0 Å². The molecule has 0 radical (unpaired) electrons. The van der Waals surface area contributed by atoms with E-state index in [1.54, 1.807) is 0 Å². The molecule has 0 fully saturated rings. The van der Waals surface area contributed by atoms with Crippen molar-refractivity contribution in [3.05, 3.63) is 30.1 Å². The molecule has 1 amide bonds. The summed E-state index contributed by atoms with van der Waals surface area (Å²) in [5.41, 5.74) is 6.03. The van der Waals surface area contributed by atoms with Gasteiger partial charge in [0.1, 0.15) is 6.33 Å². The van der Waals surface area contributed by atoms with Crippen LogP contribution in [0.4, 0.5) is 0 Å². The zero-order valence-electron chi connectivity index (χ0n) is 10.9. The van der Waals surface area contributed by atoms with Crippen molar-refractivity contribution < 1.29 is 4.79 Å². The molecule has 21 heavy (non-hydrogen) atoms. The molecule has 1 aliphatic rings. The molecule has 3 aromatic rings. The highest BCUT2D eigenvalue weighted by atomic mass is 16.2. The molecule has 8 nitrogen and oxygen atoms in total. The maximum atomic E-state index is 11.1. The van der Waals surface area contributed by atoms with Crippen LogP contribution in [0.5, 0.6) is 0 Å². The standard InChI is InChI=1S/C13H11N7O/c21-11-4-3-8(18-19-11)7-1-2-9-10(5-7)17-13(16-9)12-14-6-15-20-12/h1-2,5-6H,3-4H2,(H,16,17)(H,19,21)(H,14,15,20). The lowest BCUT2D eigenvalue weighted by molar-refractivity contribution is -0.121. The summed E-state index contributed by atoms with van der Waals surface area (Å²) >= 11 is 0. The van der Waals surface area contributed by atoms with E-state index < -0.39 is 0 Å². The molecule has 8 heteroatoms. The number of rotatable bonds is 2. The van der Waals surface area contributed by atoms with Gasteiger partial charge in [-0.1, -0.05) is 6.07 Å². The van der Waals surface area contributed by atoms with Gasteiger partial charge < -0.3 is 4.98 Å². The van der Waals surface area contributed by atoms with Crippen LogP contribution in [0.25, 0.3) is 22.7 Å². The number of benzene rings is 1. The van der Waals surface area contributed by atoms with Crippen LogP contribution in [0, 0.1) is 0 Å². The number of H-pyrrole nitrogens is 2. The topological polar surface area (TPSA) is 112 Å². The molecular formula is C13H11N7O. The molecule has 0 saturated carbocycles. The van der Waals surface area contributed by atoms with Gasteiger partial charge in [-0.05, 0) is 12.1 Å². The molecule has 0 saturated heterocycles. The first-order valence-corrected chi connectivity index (χ1v) is 6.51. The molecule has 3 N–H and O–H groups in total. The second-order valence-corrected chi connectivity index (χ2v) is 4.73. The molecule has 1 aromatic carbocycles. The molecule has 4 rings (SSSR count). The fourth-order valence-corrected chi connectivity index (χ4v) is 2.30. The summed E-state index contributed by atoms with van der Waals surface area (Å²) in [5.74, 6) is 1.09. The first-order chi connectivity index (χ1) is 10.3. The summed E-state index contributed by atoms with van der Waals surface area (Å²) in [6.45, 7) is 0. The number of imidazole rings is 1. The third kappa shape index (κ3) is 2.06. The predicted octanol–water partition coefficient (Wildman–Crippen LogP) is 0.962. The Balaban J connectivity index is 1.75. The number of amides is 1. The molecule has 1 aliphatic heterocycles. The zero-order valence-corrected chi connectivity index (χ0v) is 10.9. The zero-order chi connectivity index (χ0) is 14.2. The Morgan fingerprint density at radius 3 is 2.90 bits per heavy atom. The van der Waals surface area contributed by atoms with E-state index in [4.69, 9.17) is 0 Å². The van der Waals surface area contributed by atoms with Crippen molar-refractivity contribution in [1.29, 1.82) is 0 Å². The Kier molecular flexibility index (Phi) is 2.53. The summed E-state index contributed by atoms with van der Waals surface area (Å²) in [6, 6.07) is 5.84. The van der Waals surface area contributed by atoms with E-state index in [1.807, 2.05) is 18.2 Å². The van der Waals surface area contributed by atoms with Crippen LogP contribution in [-0.2, 0) is 4.79 Å². The van der Waals surface area contributed by atoms with Gasteiger partial charge in [-0.3, -0.25) is 9.89 Å². The summed E-state index contributed by atoms with van der Waals surface area (Å²) in [4.78, 5) is 22.9. The van der Waals surface area contributed by atoms with Gasteiger partial charge in [0.15, 0.2) is 5.82 Å². The van der Waals surface area contributed by atoms with Crippen LogP contribution >= 0.6 is 0 Å². The monoisotopic (exact) mass is 281 g/mol. The van der Waals surface area contributed by atoms with E-state index in [9.17, 15) is 4.79 Å². The van der Waals surface area contributed by atoms with Crippen molar-refractivity contribution in [2.24, 2.45) is 5.10 Å². The van der Waals surface area contributed by atoms with Crippen molar-refractivity contribution in [2.75, 3.05) is 0 Å². The Morgan fingerprint density at radius 1 is 1.19 bits per heavy atom. The Hall–Kier alpha value is -3.03.